The van der Waals surface area contributed by atoms with Crippen LogP contribution < -0.4 is 5.73 Å². The van der Waals surface area contributed by atoms with Gasteiger partial charge in [0.1, 0.15) is 0 Å². The van der Waals surface area contributed by atoms with Crippen LogP contribution >= 0.6 is 0 Å². The quantitative estimate of drug-likeness (QED) is 0.743. The van der Waals surface area contributed by atoms with Crippen LogP contribution in [0.2, 0.25) is 0 Å². The maximum Gasteiger partial charge on any atom is 0.159 e. The number of nitrogens with zero attached hydrogens (tertiary/aromatic N) is 1. The highest BCUT2D eigenvalue weighted by Gasteiger charge is 2.25. The first-order valence-electron chi connectivity index (χ1n) is 6.08. The van der Waals surface area contributed by atoms with Gasteiger partial charge in [0.05, 0.1) is 12.7 Å². The van der Waals surface area contributed by atoms with Gasteiger partial charge in [0.15, 0.2) is 6.29 Å². The highest BCUT2D eigenvalue weighted by Crippen LogP contribution is 2.16. The van der Waals surface area contributed by atoms with Gasteiger partial charge in [-0.2, -0.15) is 0 Å². The van der Waals surface area contributed by atoms with Crippen molar-refractivity contribution >= 4 is 0 Å². The molecule has 15 heavy (non-hydrogen) atoms. The molecule has 2 fully saturated rings. The van der Waals surface area contributed by atoms with E-state index in [0.717, 1.165) is 13.0 Å². The third-order valence-electron chi connectivity index (χ3n) is 3.20. The molecule has 2 aliphatic rings. The van der Waals surface area contributed by atoms with Gasteiger partial charge in [-0.3, -0.25) is 0 Å². The minimum absolute atomic E-state index is 0.0134. The van der Waals surface area contributed by atoms with Crippen LogP contribution in [0.15, 0.2) is 0 Å². The first kappa shape index (κ1) is 11.3. The number of rotatable bonds is 4. The lowest BCUT2D eigenvalue weighted by Crippen LogP contribution is -2.32. The van der Waals surface area contributed by atoms with Gasteiger partial charge in [-0.1, -0.05) is 6.42 Å². The summed E-state index contributed by atoms with van der Waals surface area (Å²) in [6.45, 7) is 4.82. The summed E-state index contributed by atoms with van der Waals surface area (Å²) >= 11 is 0. The summed E-state index contributed by atoms with van der Waals surface area (Å²) in [4.78, 5) is 2.51. The van der Waals surface area contributed by atoms with E-state index in [4.69, 9.17) is 15.2 Å². The van der Waals surface area contributed by atoms with Crippen LogP contribution in [-0.4, -0.2) is 50.1 Å². The number of likely N-dealkylation sites (tertiary alicyclic amines) is 1. The summed E-state index contributed by atoms with van der Waals surface area (Å²) < 4.78 is 11.1. The molecule has 0 radical (unpaired) electrons. The van der Waals surface area contributed by atoms with E-state index in [9.17, 15) is 0 Å². The van der Waals surface area contributed by atoms with Gasteiger partial charge in [-0.15, -0.1) is 0 Å². The largest absolute Gasteiger partial charge is 0.350 e. The Hall–Kier alpha value is -0.160. The molecular weight excluding hydrogens is 192 g/mol. The number of hydrogen-bond acceptors (Lipinski definition) is 4. The molecule has 0 spiro atoms. The van der Waals surface area contributed by atoms with E-state index in [1.54, 1.807) is 0 Å². The predicted molar refractivity (Wildman–Crippen MR) is 58.6 cm³/mol. The van der Waals surface area contributed by atoms with Crippen molar-refractivity contribution in [1.82, 2.24) is 4.90 Å². The van der Waals surface area contributed by atoms with E-state index in [2.05, 4.69) is 4.90 Å². The Balaban J connectivity index is 1.61. The van der Waals surface area contributed by atoms with Gasteiger partial charge < -0.3 is 20.1 Å². The first-order valence-corrected chi connectivity index (χ1v) is 6.08. The van der Waals surface area contributed by atoms with Crippen molar-refractivity contribution in [1.29, 1.82) is 0 Å². The first-order chi connectivity index (χ1) is 7.38. The molecular formula is C11H22N2O2. The van der Waals surface area contributed by atoms with Gasteiger partial charge >= 0.3 is 0 Å². The van der Waals surface area contributed by atoms with Crippen molar-refractivity contribution in [3.63, 3.8) is 0 Å². The molecule has 0 amide bonds. The minimum Gasteiger partial charge on any atom is -0.350 e. The molecule has 2 rings (SSSR count). The second kappa shape index (κ2) is 5.80. The van der Waals surface area contributed by atoms with Crippen molar-refractivity contribution in [2.75, 3.05) is 32.8 Å². The van der Waals surface area contributed by atoms with Crippen LogP contribution in [0.3, 0.4) is 0 Å². The van der Waals surface area contributed by atoms with Gasteiger partial charge in [-0.25, -0.2) is 0 Å². The summed E-state index contributed by atoms with van der Waals surface area (Å²) in [5.41, 5.74) is 5.52. The Morgan fingerprint density at radius 1 is 1.20 bits per heavy atom. The number of hydrogen-bond donors (Lipinski definition) is 1. The zero-order valence-electron chi connectivity index (χ0n) is 9.36. The van der Waals surface area contributed by atoms with Gasteiger partial charge in [0, 0.05) is 19.5 Å². The Morgan fingerprint density at radius 2 is 2.00 bits per heavy atom. The van der Waals surface area contributed by atoms with Crippen molar-refractivity contribution < 1.29 is 9.47 Å². The Labute approximate surface area is 91.7 Å². The molecule has 4 heteroatoms. The Bertz CT molecular complexity index is 183. The molecule has 0 aromatic carbocycles. The number of nitrogens with two attached hydrogens (primary N) is 1. The van der Waals surface area contributed by atoms with Crippen molar-refractivity contribution in [3.8, 4) is 0 Å². The van der Waals surface area contributed by atoms with E-state index < -0.39 is 0 Å². The predicted octanol–water partition coefficient (Wildman–Crippen LogP) is 0.563. The van der Waals surface area contributed by atoms with Gasteiger partial charge in [0.2, 0.25) is 0 Å². The maximum atomic E-state index is 5.63. The zero-order valence-corrected chi connectivity index (χ0v) is 9.36. The molecule has 4 nitrogen and oxygen atoms in total. The van der Waals surface area contributed by atoms with E-state index >= 15 is 0 Å². The molecule has 2 saturated heterocycles. The normalized spacial score (nSPS) is 33.4. The van der Waals surface area contributed by atoms with E-state index in [1.807, 2.05) is 0 Å². The monoisotopic (exact) mass is 214 g/mol. The molecule has 0 saturated carbocycles. The fourth-order valence-corrected chi connectivity index (χ4v) is 2.25. The van der Waals surface area contributed by atoms with Gasteiger partial charge in [0.25, 0.3) is 0 Å². The molecule has 0 aromatic heterocycles. The summed E-state index contributed by atoms with van der Waals surface area (Å²) in [5, 5.41) is 0. The third-order valence-corrected chi connectivity index (χ3v) is 3.20. The fraction of sp³-hybridized carbons (Fsp3) is 1.00. The molecule has 0 aromatic rings. The Kier molecular flexibility index (Phi) is 4.38. The van der Waals surface area contributed by atoms with Crippen LogP contribution in [0.5, 0.6) is 0 Å². The lowest BCUT2D eigenvalue weighted by molar-refractivity contribution is -0.0652. The molecule has 88 valence electrons. The lowest BCUT2D eigenvalue weighted by atomic mass is 10.1. The van der Waals surface area contributed by atoms with E-state index in [0.29, 0.717) is 13.2 Å². The molecule has 2 heterocycles. The molecule has 2 unspecified atom stereocenters. The minimum atomic E-state index is -0.0134. The van der Waals surface area contributed by atoms with Crippen molar-refractivity contribution in [3.05, 3.63) is 0 Å². The highest BCUT2D eigenvalue weighted by atomic mass is 16.7. The standard InChI is InChI=1S/C11H22N2O2/c12-8-10-9-14-11(15-10)4-7-13-5-2-1-3-6-13/h10-11H,1-9,12H2. The molecule has 2 atom stereocenters. The summed E-state index contributed by atoms with van der Waals surface area (Å²) in [6, 6.07) is 0. The SMILES string of the molecule is NCC1COC(CCN2CCCCC2)O1. The number of ether oxygens (including phenoxy) is 2. The second-order valence-corrected chi connectivity index (χ2v) is 4.45. The molecule has 2 N–H and O–H groups in total. The molecule has 0 bridgehead atoms. The molecule has 0 aliphatic carbocycles. The average molecular weight is 214 g/mol. The lowest BCUT2D eigenvalue weighted by Gasteiger charge is -2.27. The second-order valence-electron chi connectivity index (χ2n) is 4.45. The Morgan fingerprint density at radius 3 is 2.67 bits per heavy atom. The topological polar surface area (TPSA) is 47.7 Å². The van der Waals surface area contributed by atoms with Crippen molar-refractivity contribution in [2.45, 2.75) is 38.1 Å². The van der Waals surface area contributed by atoms with Crippen molar-refractivity contribution in [2.24, 2.45) is 5.73 Å². The molecule has 2 aliphatic heterocycles. The van der Waals surface area contributed by atoms with Crippen LogP contribution in [0, 0.1) is 0 Å². The zero-order chi connectivity index (χ0) is 10.5. The van der Waals surface area contributed by atoms with Crippen LogP contribution in [0.4, 0.5) is 0 Å². The van der Waals surface area contributed by atoms with E-state index in [1.165, 1.54) is 32.4 Å². The highest BCUT2D eigenvalue weighted by molar-refractivity contribution is 4.69. The summed E-state index contributed by atoms with van der Waals surface area (Å²) in [6.07, 6.45) is 5.17. The average Bonchev–Trinajstić information content (AvgIpc) is 2.76. The van der Waals surface area contributed by atoms with Crippen LogP contribution in [0.1, 0.15) is 25.7 Å². The van der Waals surface area contributed by atoms with E-state index in [-0.39, 0.29) is 12.4 Å². The summed E-state index contributed by atoms with van der Waals surface area (Å²) in [7, 11) is 0. The van der Waals surface area contributed by atoms with Crippen LogP contribution in [0.25, 0.3) is 0 Å². The fourth-order valence-electron chi connectivity index (χ4n) is 2.25. The summed E-state index contributed by atoms with van der Waals surface area (Å²) in [5.74, 6) is 0. The van der Waals surface area contributed by atoms with Gasteiger partial charge in [-0.05, 0) is 25.9 Å². The smallest absolute Gasteiger partial charge is 0.159 e. The third kappa shape index (κ3) is 3.41. The maximum absolute atomic E-state index is 5.63. The number of piperidine rings is 1. The van der Waals surface area contributed by atoms with Crippen LogP contribution in [-0.2, 0) is 9.47 Å².